The summed E-state index contributed by atoms with van der Waals surface area (Å²) in [7, 11) is -4.37. The molecule has 7 nitrogen and oxygen atoms in total. The lowest BCUT2D eigenvalue weighted by molar-refractivity contribution is -0.152. The summed E-state index contributed by atoms with van der Waals surface area (Å²) in [5, 5.41) is 10.4. The van der Waals surface area contributed by atoms with E-state index in [1.807, 2.05) is 6.07 Å². The number of Topliss-reactive ketones (excluding diaryl/α,β-unsaturated/α-hetero) is 1. The van der Waals surface area contributed by atoms with Crippen molar-refractivity contribution in [2.24, 2.45) is 0 Å². The van der Waals surface area contributed by atoms with Crippen LogP contribution in [0.1, 0.15) is 48.7 Å². The predicted molar refractivity (Wildman–Crippen MR) is 165 cm³/mol. The lowest BCUT2D eigenvalue weighted by atomic mass is 9.96. The van der Waals surface area contributed by atoms with E-state index in [0.717, 1.165) is 9.87 Å². The summed E-state index contributed by atoms with van der Waals surface area (Å²) in [6.07, 6.45) is 0.609. The van der Waals surface area contributed by atoms with Crippen LogP contribution >= 0.6 is 23.2 Å². The van der Waals surface area contributed by atoms with Crippen LogP contribution in [0.4, 0.5) is 5.69 Å². The Morgan fingerprint density at radius 1 is 0.905 bits per heavy atom. The first-order valence-electron chi connectivity index (χ1n) is 13.0. The number of carbonyl (C=O) groups is 2. The fourth-order valence-corrected chi connectivity index (χ4v) is 6.69. The van der Waals surface area contributed by atoms with Crippen molar-refractivity contribution in [3.8, 4) is 6.07 Å². The molecule has 0 heterocycles. The number of ether oxygens (including phenoxy) is 1. The summed E-state index contributed by atoms with van der Waals surface area (Å²) in [5.74, 6) is -0.911. The first kappa shape index (κ1) is 31.0. The molecule has 0 saturated heterocycles. The monoisotopic (exact) mass is 622 g/mol. The van der Waals surface area contributed by atoms with Gasteiger partial charge in [0.05, 0.1) is 22.2 Å². The van der Waals surface area contributed by atoms with E-state index in [-0.39, 0.29) is 32.8 Å². The number of hydrogen-bond acceptors (Lipinski definition) is 6. The molecule has 0 radical (unpaired) electrons. The molecule has 0 N–H and O–H groups in total. The average Bonchev–Trinajstić information content (AvgIpc) is 2.92. The van der Waals surface area contributed by atoms with Gasteiger partial charge in [-0.25, -0.2) is 8.42 Å². The molecular formula is C32H28Cl2N2O5S. The third-order valence-electron chi connectivity index (χ3n) is 6.28. The summed E-state index contributed by atoms with van der Waals surface area (Å²) in [6, 6.07) is 23.1. The number of fused-ring (bicyclic) bond motifs is 1. The Hall–Kier alpha value is -3.90. The maximum atomic E-state index is 14.0. The van der Waals surface area contributed by atoms with Gasteiger partial charge in [-0.2, -0.15) is 5.26 Å². The normalized spacial score (nSPS) is 11.6. The van der Waals surface area contributed by atoms with Gasteiger partial charge in [-0.3, -0.25) is 13.9 Å². The van der Waals surface area contributed by atoms with E-state index >= 15 is 0 Å². The van der Waals surface area contributed by atoms with Gasteiger partial charge in [0.15, 0.2) is 5.78 Å². The Labute approximate surface area is 255 Å². The van der Waals surface area contributed by atoms with Crippen LogP contribution in [0.3, 0.4) is 0 Å². The largest absolute Gasteiger partial charge is 0.459 e. The molecule has 10 heteroatoms. The van der Waals surface area contributed by atoms with Crippen molar-refractivity contribution in [2.75, 3.05) is 10.8 Å². The summed E-state index contributed by atoms with van der Waals surface area (Å²) in [6.45, 7) is 4.43. The van der Waals surface area contributed by atoms with E-state index in [0.29, 0.717) is 28.3 Å². The molecular weight excluding hydrogens is 595 g/mol. The highest BCUT2D eigenvalue weighted by Gasteiger charge is 2.31. The fraction of sp³-hybridized carbons (Fsp3) is 0.219. The number of anilines is 1. The molecule has 0 spiro atoms. The Morgan fingerprint density at radius 2 is 1.55 bits per heavy atom. The van der Waals surface area contributed by atoms with Crippen LogP contribution < -0.4 is 4.31 Å². The summed E-state index contributed by atoms with van der Waals surface area (Å²) >= 11 is 12.3. The molecule has 0 atom stereocenters. The quantitative estimate of drug-likeness (QED) is 0.142. The lowest BCUT2D eigenvalue weighted by Gasteiger charge is -2.27. The second-order valence-electron chi connectivity index (χ2n) is 10.6. The van der Waals surface area contributed by atoms with E-state index in [1.54, 1.807) is 75.4 Å². The first-order chi connectivity index (χ1) is 19.8. The topological polar surface area (TPSA) is 105 Å². The minimum atomic E-state index is -4.37. The molecule has 0 saturated carbocycles. The highest BCUT2D eigenvalue weighted by Crippen LogP contribution is 2.34. The highest BCUT2D eigenvalue weighted by atomic mass is 35.5. The van der Waals surface area contributed by atoms with Crippen LogP contribution in [0.15, 0.2) is 83.8 Å². The molecule has 0 aliphatic heterocycles. The SMILES string of the molecule is CC(C)(C)OC(=O)CN(c1cccc2c(C(=O)CCc3cccc(C#N)c3)cccc12)S(=O)(=O)c1cc(Cl)cc(Cl)c1. The number of halogens is 2. The smallest absolute Gasteiger partial charge is 0.327 e. The lowest BCUT2D eigenvalue weighted by Crippen LogP contribution is -2.39. The van der Waals surface area contributed by atoms with Crippen LogP contribution in [0, 0.1) is 11.3 Å². The van der Waals surface area contributed by atoms with Gasteiger partial charge < -0.3 is 4.74 Å². The number of carbonyl (C=O) groups excluding carboxylic acids is 2. The number of esters is 1. The van der Waals surface area contributed by atoms with Crippen molar-refractivity contribution < 1.29 is 22.7 Å². The maximum Gasteiger partial charge on any atom is 0.327 e. The molecule has 42 heavy (non-hydrogen) atoms. The fourth-order valence-electron chi connectivity index (χ4n) is 4.54. The summed E-state index contributed by atoms with van der Waals surface area (Å²) < 4.78 is 34.5. The standard InChI is InChI=1S/C32H28Cl2N2O5S/c1-32(2,3)41-31(38)20-36(42(39,40)25-17-23(33)16-24(34)18-25)29-12-6-9-26-27(29)10-5-11-28(26)30(37)14-13-21-7-4-8-22(15-21)19-35/h4-12,15-18H,13-14,20H2,1-3H3. The average molecular weight is 624 g/mol. The molecule has 0 unspecified atom stereocenters. The molecule has 0 aromatic heterocycles. The zero-order chi connectivity index (χ0) is 30.7. The van der Waals surface area contributed by atoms with Gasteiger partial charge in [-0.1, -0.05) is 65.7 Å². The van der Waals surface area contributed by atoms with Gasteiger partial charge in [-0.15, -0.1) is 0 Å². The number of benzene rings is 4. The minimum Gasteiger partial charge on any atom is -0.459 e. The van der Waals surface area contributed by atoms with E-state index in [4.69, 9.17) is 33.2 Å². The first-order valence-corrected chi connectivity index (χ1v) is 15.2. The van der Waals surface area contributed by atoms with E-state index in [9.17, 15) is 18.0 Å². The number of nitrogens with zero attached hydrogens (tertiary/aromatic N) is 2. The number of rotatable bonds is 9. The van der Waals surface area contributed by atoms with E-state index in [1.165, 1.54) is 18.2 Å². The van der Waals surface area contributed by atoms with Crippen molar-refractivity contribution >= 4 is 61.4 Å². The second-order valence-corrected chi connectivity index (χ2v) is 13.4. The zero-order valence-corrected chi connectivity index (χ0v) is 25.6. The zero-order valence-electron chi connectivity index (χ0n) is 23.2. The molecule has 0 bridgehead atoms. The molecule has 4 aromatic rings. The third-order valence-corrected chi connectivity index (χ3v) is 8.46. The minimum absolute atomic E-state index is 0.115. The Balaban J connectivity index is 1.78. The van der Waals surface area contributed by atoms with Crippen LogP contribution in [-0.4, -0.2) is 32.3 Å². The third kappa shape index (κ3) is 7.29. The molecule has 216 valence electrons. The number of aryl methyl sites for hydroxylation is 1. The van der Waals surface area contributed by atoms with Crippen molar-refractivity contribution in [1.82, 2.24) is 0 Å². The van der Waals surface area contributed by atoms with Crippen molar-refractivity contribution in [2.45, 2.75) is 44.1 Å². The predicted octanol–water partition coefficient (Wildman–Crippen LogP) is 7.37. The Bertz CT molecular complexity index is 1800. The summed E-state index contributed by atoms with van der Waals surface area (Å²) in [5.41, 5.74) is 1.12. The molecule has 0 aliphatic carbocycles. The van der Waals surface area contributed by atoms with E-state index < -0.39 is 28.1 Å². The molecule has 4 rings (SSSR count). The van der Waals surface area contributed by atoms with Gasteiger partial charge >= 0.3 is 5.97 Å². The Kier molecular flexibility index (Phi) is 9.27. The molecule has 0 amide bonds. The van der Waals surface area contributed by atoms with E-state index in [2.05, 4.69) is 6.07 Å². The van der Waals surface area contributed by atoms with Crippen molar-refractivity contribution in [1.29, 1.82) is 5.26 Å². The van der Waals surface area contributed by atoms with Crippen LogP contribution in [0.2, 0.25) is 10.0 Å². The van der Waals surface area contributed by atoms with Gasteiger partial charge in [0.25, 0.3) is 10.0 Å². The Morgan fingerprint density at radius 3 is 2.21 bits per heavy atom. The van der Waals surface area contributed by atoms with Crippen LogP contribution in [0.25, 0.3) is 10.8 Å². The molecule has 0 fully saturated rings. The second kappa shape index (κ2) is 12.5. The number of sulfonamides is 1. The van der Waals surface area contributed by atoms with Crippen molar-refractivity contribution in [3.05, 3.63) is 106 Å². The van der Waals surface area contributed by atoms with Crippen LogP contribution in [-0.2, 0) is 26.0 Å². The van der Waals surface area contributed by atoms with Gasteiger partial charge in [0.2, 0.25) is 0 Å². The van der Waals surface area contributed by atoms with Gasteiger partial charge in [0.1, 0.15) is 12.1 Å². The summed E-state index contributed by atoms with van der Waals surface area (Å²) in [4.78, 5) is 26.2. The maximum absolute atomic E-state index is 14.0. The van der Waals surface area contributed by atoms with Crippen LogP contribution in [0.5, 0.6) is 0 Å². The van der Waals surface area contributed by atoms with Gasteiger partial charge in [-0.05, 0) is 74.5 Å². The van der Waals surface area contributed by atoms with Gasteiger partial charge in [0, 0.05) is 27.4 Å². The number of ketones is 1. The molecule has 0 aliphatic rings. The number of nitriles is 1. The highest BCUT2D eigenvalue weighted by molar-refractivity contribution is 7.93. The van der Waals surface area contributed by atoms with Crippen molar-refractivity contribution in [3.63, 3.8) is 0 Å². The number of hydrogen-bond donors (Lipinski definition) is 0. The molecule has 4 aromatic carbocycles.